The van der Waals surface area contributed by atoms with E-state index in [-0.39, 0.29) is 11.5 Å². The van der Waals surface area contributed by atoms with E-state index in [1.165, 1.54) is 32.4 Å². The van der Waals surface area contributed by atoms with Crippen LogP contribution in [-0.4, -0.2) is 30.0 Å². The molecular formula is C16H15N3O5. The minimum absolute atomic E-state index is 0.145. The zero-order valence-corrected chi connectivity index (χ0v) is 13.1. The van der Waals surface area contributed by atoms with Crippen LogP contribution in [0.1, 0.15) is 5.56 Å². The number of anilines is 1. The maximum absolute atomic E-state index is 11.9. The third-order valence-electron chi connectivity index (χ3n) is 3.04. The van der Waals surface area contributed by atoms with Gasteiger partial charge in [0.05, 0.1) is 19.1 Å². The summed E-state index contributed by atoms with van der Waals surface area (Å²) in [6, 6.07) is 7.86. The van der Waals surface area contributed by atoms with Gasteiger partial charge in [-0.3, -0.25) is 14.9 Å². The van der Waals surface area contributed by atoms with E-state index in [0.29, 0.717) is 11.5 Å². The number of nitro groups is 1. The van der Waals surface area contributed by atoms with Crippen molar-refractivity contribution in [3.8, 4) is 11.5 Å². The molecule has 0 saturated heterocycles. The number of hydrogen-bond acceptors (Lipinski definition) is 6. The minimum atomic E-state index is -0.560. The molecule has 1 aromatic heterocycles. The maximum atomic E-state index is 11.9. The molecule has 1 aromatic carbocycles. The number of hydrogen-bond donors (Lipinski definition) is 1. The molecule has 8 nitrogen and oxygen atoms in total. The van der Waals surface area contributed by atoms with E-state index in [9.17, 15) is 14.9 Å². The van der Waals surface area contributed by atoms with Crippen LogP contribution in [-0.2, 0) is 4.79 Å². The number of pyridine rings is 1. The first-order chi connectivity index (χ1) is 11.5. The predicted octanol–water partition coefficient (Wildman–Crippen LogP) is 2.66. The highest BCUT2D eigenvalue weighted by molar-refractivity contribution is 6.01. The lowest BCUT2D eigenvalue weighted by atomic mass is 10.2. The summed E-state index contributed by atoms with van der Waals surface area (Å²) in [6.07, 6.45) is 4.00. The molecule has 0 aliphatic rings. The fourth-order valence-corrected chi connectivity index (χ4v) is 1.86. The summed E-state index contributed by atoms with van der Waals surface area (Å²) >= 11 is 0. The first-order valence-corrected chi connectivity index (χ1v) is 6.85. The first kappa shape index (κ1) is 16.9. The molecule has 0 fully saturated rings. The van der Waals surface area contributed by atoms with E-state index in [0.717, 1.165) is 11.8 Å². The third kappa shape index (κ3) is 4.29. The Bertz CT molecular complexity index is 772. The number of rotatable bonds is 6. The van der Waals surface area contributed by atoms with Crippen molar-refractivity contribution in [1.29, 1.82) is 0 Å². The fraction of sp³-hybridized carbons (Fsp3) is 0.125. The van der Waals surface area contributed by atoms with Crippen molar-refractivity contribution in [1.82, 2.24) is 4.98 Å². The Balaban J connectivity index is 2.03. The SMILES string of the molecule is COc1ccc(/C=C/C(=O)Nc2ccc([N+](=O)[O-])cn2)cc1OC. The standard InChI is InChI=1S/C16H15N3O5/c1-23-13-6-3-11(9-14(13)24-2)4-8-16(20)18-15-7-5-12(10-17-15)19(21)22/h3-10H,1-2H3,(H,17,18,20)/b8-4+. The van der Waals surface area contributed by atoms with Crippen LogP contribution in [0.25, 0.3) is 6.08 Å². The molecular weight excluding hydrogens is 314 g/mol. The largest absolute Gasteiger partial charge is 0.493 e. The molecule has 2 rings (SSSR count). The molecule has 1 amide bonds. The highest BCUT2D eigenvalue weighted by Crippen LogP contribution is 2.27. The van der Waals surface area contributed by atoms with Gasteiger partial charge >= 0.3 is 0 Å². The smallest absolute Gasteiger partial charge is 0.287 e. The Kier molecular flexibility index (Phi) is 5.45. The number of nitrogens with zero attached hydrogens (tertiary/aromatic N) is 2. The van der Waals surface area contributed by atoms with Crippen molar-refractivity contribution in [2.45, 2.75) is 0 Å². The van der Waals surface area contributed by atoms with Gasteiger partial charge in [0, 0.05) is 12.1 Å². The summed E-state index contributed by atoms with van der Waals surface area (Å²) in [5, 5.41) is 13.1. The molecule has 1 heterocycles. The molecule has 0 aliphatic carbocycles. The summed E-state index contributed by atoms with van der Waals surface area (Å²) in [5.41, 5.74) is 0.605. The third-order valence-corrected chi connectivity index (χ3v) is 3.04. The lowest BCUT2D eigenvalue weighted by Crippen LogP contribution is -2.09. The molecule has 8 heteroatoms. The molecule has 1 N–H and O–H groups in total. The van der Waals surface area contributed by atoms with Crippen molar-refractivity contribution >= 4 is 23.5 Å². The van der Waals surface area contributed by atoms with Crippen molar-refractivity contribution < 1.29 is 19.2 Å². The number of methoxy groups -OCH3 is 2. The highest BCUT2D eigenvalue weighted by atomic mass is 16.6. The zero-order chi connectivity index (χ0) is 17.5. The monoisotopic (exact) mass is 329 g/mol. The Hall–Kier alpha value is -3.42. The Labute approximate surface area is 137 Å². The van der Waals surface area contributed by atoms with E-state index in [2.05, 4.69) is 10.3 Å². The number of carbonyl (C=O) groups excluding carboxylic acids is 1. The zero-order valence-electron chi connectivity index (χ0n) is 13.1. The van der Waals surface area contributed by atoms with Crippen LogP contribution >= 0.6 is 0 Å². The van der Waals surface area contributed by atoms with Gasteiger partial charge in [0.1, 0.15) is 12.0 Å². The van der Waals surface area contributed by atoms with Crippen LogP contribution < -0.4 is 14.8 Å². The maximum Gasteiger partial charge on any atom is 0.287 e. The number of carbonyl (C=O) groups is 1. The second-order valence-electron chi connectivity index (χ2n) is 4.60. The van der Waals surface area contributed by atoms with Crippen molar-refractivity contribution in [2.24, 2.45) is 0 Å². The molecule has 0 unspecified atom stereocenters. The molecule has 0 atom stereocenters. The van der Waals surface area contributed by atoms with E-state index < -0.39 is 10.8 Å². The first-order valence-electron chi connectivity index (χ1n) is 6.85. The fourth-order valence-electron chi connectivity index (χ4n) is 1.86. The van der Waals surface area contributed by atoms with E-state index in [1.54, 1.807) is 24.3 Å². The van der Waals surface area contributed by atoms with E-state index in [1.807, 2.05) is 0 Å². The number of ether oxygens (including phenoxy) is 2. The van der Waals surface area contributed by atoms with Crippen LogP contribution in [0.3, 0.4) is 0 Å². The van der Waals surface area contributed by atoms with Gasteiger partial charge in [0.15, 0.2) is 11.5 Å². The van der Waals surface area contributed by atoms with Gasteiger partial charge in [0.25, 0.3) is 5.69 Å². The quantitative estimate of drug-likeness (QED) is 0.496. The van der Waals surface area contributed by atoms with Crippen LogP contribution in [0, 0.1) is 10.1 Å². The molecule has 0 bridgehead atoms. The van der Waals surface area contributed by atoms with Gasteiger partial charge in [-0.1, -0.05) is 6.07 Å². The Morgan fingerprint density at radius 2 is 1.96 bits per heavy atom. The second kappa shape index (κ2) is 7.73. The minimum Gasteiger partial charge on any atom is -0.493 e. The lowest BCUT2D eigenvalue weighted by Gasteiger charge is -2.07. The molecule has 24 heavy (non-hydrogen) atoms. The van der Waals surface area contributed by atoms with Crippen molar-refractivity contribution in [3.05, 3.63) is 58.3 Å². The van der Waals surface area contributed by atoms with Gasteiger partial charge in [-0.05, 0) is 29.8 Å². The van der Waals surface area contributed by atoms with Gasteiger partial charge in [0.2, 0.25) is 5.91 Å². The van der Waals surface area contributed by atoms with Crippen molar-refractivity contribution in [3.63, 3.8) is 0 Å². The molecule has 0 spiro atoms. The summed E-state index contributed by atoms with van der Waals surface area (Å²) in [4.78, 5) is 25.6. The highest BCUT2D eigenvalue weighted by Gasteiger charge is 2.07. The second-order valence-corrected chi connectivity index (χ2v) is 4.60. The molecule has 124 valence electrons. The Morgan fingerprint density at radius 1 is 1.21 bits per heavy atom. The molecule has 0 aliphatic heterocycles. The summed E-state index contributed by atoms with van der Waals surface area (Å²) in [7, 11) is 3.07. The number of aromatic nitrogens is 1. The number of benzene rings is 1. The van der Waals surface area contributed by atoms with Crippen LogP contribution in [0.4, 0.5) is 11.5 Å². The number of amides is 1. The van der Waals surface area contributed by atoms with Gasteiger partial charge in [-0.15, -0.1) is 0 Å². The number of nitrogens with one attached hydrogen (secondary N) is 1. The van der Waals surface area contributed by atoms with E-state index >= 15 is 0 Å². The molecule has 0 saturated carbocycles. The van der Waals surface area contributed by atoms with E-state index in [4.69, 9.17) is 9.47 Å². The van der Waals surface area contributed by atoms with Gasteiger partial charge in [-0.25, -0.2) is 4.98 Å². The van der Waals surface area contributed by atoms with Crippen LogP contribution in [0.5, 0.6) is 11.5 Å². The van der Waals surface area contributed by atoms with Crippen LogP contribution in [0.2, 0.25) is 0 Å². The average molecular weight is 329 g/mol. The average Bonchev–Trinajstić information content (AvgIpc) is 2.60. The van der Waals surface area contributed by atoms with Crippen LogP contribution in [0.15, 0.2) is 42.6 Å². The predicted molar refractivity (Wildman–Crippen MR) is 88.1 cm³/mol. The molecule has 2 aromatic rings. The summed E-state index contributed by atoms with van der Waals surface area (Å²) in [6.45, 7) is 0. The lowest BCUT2D eigenvalue weighted by molar-refractivity contribution is -0.385. The molecule has 0 radical (unpaired) electrons. The summed E-state index contributed by atoms with van der Waals surface area (Å²) < 4.78 is 10.3. The topological polar surface area (TPSA) is 104 Å². The van der Waals surface area contributed by atoms with Crippen molar-refractivity contribution in [2.75, 3.05) is 19.5 Å². The normalized spacial score (nSPS) is 10.4. The Morgan fingerprint density at radius 3 is 2.54 bits per heavy atom. The summed E-state index contributed by atoms with van der Waals surface area (Å²) in [5.74, 6) is 0.958. The van der Waals surface area contributed by atoms with Gasteiger partial charge in [-0.2, -0.15) is 0 Å². The van der Waals surface area contributed by atoms with Gasteiger partial charge < -0.3 is 14.8 Å².